The second-order valence-corrected chi connectivity index (χ2v) is 6.07. The molecule has 2 amide bonds. The topological polar surface area (TPSA) is 84.2 Å². The Balaban J connectivity index is 1.36. The van der Waals surface area contributed by atoms with E-state index in [1.165, 1.54) is 0 Å². The van der Waals surface area contributed by atoms with Crippen LogP contribution in [-0.2, 0) is 0 Å². The number of nitrogens with one attached hydrogen (secondary N) is 1. The minimum absolute atomic E-state index is 0.0632. The van der Waals surface area contributed by atoms with Crippen molar-refractivity contribution in [3.8, 4) is 11.5 Å². The third kappa shape index (κ3) is 3.21. The number of hydrogen-bond donors (Lipinski definition) is 1. The van der Waals surface area contributed by atoms with Crippen LogP contribution >= 0.6 is 0 Å². The third-order valence-corrected chi connectivity index (χ3v) is 4.12. The largest absolute Gasteiger partial charge is 0.338 e. The zero-order valence-corrected chi connectivity index (χ0v) is 13.7. The van der Waals surface area contributed by atoms with Gasteiger partial charge in [-0.25, -0.2) is 4.79 Å². The predicted molar refractivity (Wildman–Crippen MR) is 92.0 cm³/mol. The molecule has 1 aliphatic heterocycles. The fourth-order valence-corrected chi connectivity index (χ4v) is 2.73. The Labute approximate surface area is 144 Å². The van der Waals surface area contributed by atoms with E-state index in [0.717, 1.165) is 11.3 Å². The lowest BCUT2D eigenvalue weighted by atomic mass is 10.0. The summed E-state index contributed by atoms with van der Waals surface area (Å²) in [4.78, 5) is 22.6. The Hall–Kier alpha value is -3.22. The van der Waals surface area contributed by atoms with Crippen molar-refractivity contribution in [1.29, 1.82) is 0 Å². The number of urea groups is 1. The van der Waals surface area contributed by atoms with Crippen molar-refractivity contribution in [2.24, 2.45) is 0 Å². The number of pyridine rings is 1. The Bertz CT molecular complexity index is 887. The number of likely N-dealkylation sites (tertiary alicyclic amines) is 1. The van der Waals surface area contributed by atoms with Gasteiger partial charge in [0.05, 0.1) is 5.92 Å². The molecule has 0 saturated carbocycles. The molecule has 0 spiro atoms. The highest BCUT2D eigenvalue weighted by atomic mass is 16.5. The van der Waals surface area contributed by atoms with Gasteiger partial charge in [-0.3, -0.25) is 4.98 Å². The van der Waals surface area contributed by atoms with E-state index in [0.29, 0.717) is 30.5 Å². The molecule has 25 heavy (non-hydrogen) atoms. The minimum atomic E-state index is -0.119. The van der Waals surface area contributed by atoms with Crippen LogP contribution in [0.3, 0.4) is 0 Å². The van der Waals surface area contributed by atoms with E-state index >= 15 is 0 Å². The normalized spacial score (nSPS) is 14.2. The van der Waals surface area contributed by atoms with Gasteiger partial charge in [0, 0.05) is 25.0 Å². The number of aromatic nitrogens is 3. The lowest BCUT2D eigenvalue weighted by molar-refractivity contribution is 0.147. The van der Waals surface area contributed by atoms with Crippen molar-refractivity contribution in [1.82, 2.24) is 20.0 Å². The van der Waals surface area contributed by atoms with Gasteiger partial charge >= 0.3 is 6.03 Å². The van der Waals surface area contributed by atoms with Gasteiger partial charge in [0.25, 0.3) is 0 Å². The van der Waals surface area contributed by atoms with Gasteiger partial charge in [0.1, 0.15) is 5.69 Å². The molecule has 3 aromatic rings. The molecule has 1 N–H and O–H groups in total. The maximum Gasteiger partial charge on any atom is 0.321 e. The molecular weight excluding hydrogens is 318 g/mol. The highest BCUT2D eigenvalue weighted by Crippen LogP contribution is 2.27. The van der Waals surface area contributed by atoms with Crippen LogP contribution in [-0.4, -0.2) is 39.1 Å². The smallest absolute Gasteiger partial charge is 0.321 e. The van der Waals surface area contributed by atoms with E-state index in [-0.39, 0.29) is 11.9 Å². The fourth-order valence-electron chi connectivity index (χ4n) is 2.73. The summed E-state index contributed by atoms with van der Waals surface area (Å²) in [5.74, 6) is 1.08. The summed E-state index contributed by atoms with van der Waals surface area (Å²) < 4.78 is 5.33. The van der Waals surface area contributed by atoms with Crippen molar-refractivity contribution in [2.45, 2.75) is 12.8 Å². The number of benzene rings is 1. The first kappa shape index (κ1) is 15.3. The number of carbonyl (C=O) groups is 1. The molecule has 2 aromatic heterocycles. The van der Waals surface area contributed by atoms with Crippen molar-refractivity contribution in [3.63, 3.8) is 0 Å². The summed E-state index contributed by atoms with van der Waals surface area (Å²) >= 11 is 0. The Morgan fingerprint density at radius 1 is 1.24 bits per heavy atom. The summed E-state index contributed by atoms with van der Waals surface area (Å²) in [6.07, 6.45) is 1.69. The lowest BCUT2D eigenvalue weighted by Gasteiger charge is -2.36. The maximum atomic E-state index is 12.2. The van der Waals surface area contributed by atoms with Gasteiger partial charge < -0.3 is 14.7 Å². The molecular formula is C18H17N5O2. The molecule has 0 unspecified atom stereocenters. The molecule has 126 valence electrons. The lowest BCUT2D eigenvalue weighted by Crippen LogP contribution is -2.50. The maximum absolute atomic E-state index is 12.2. The quantitative estimate of drug-likeness (QED) is 0.795. The number of anilines is 1. The van der Waals surface area contributed by atoms with Crippen LogP contribution in [0.4, 0.5) is 10.5 Å². The van der Waals surface area contributed by atoms with E-state index < -0.39 is 0 Å². The summed E-state index contributed by atoms with van der Waals surface area (Å²) in [6, 6.07) is 13.1. The molecule has 0 atom stereocenters. The summed E-state index contributed by atoms with van der Waals surface area (Å²) in [5.41, 5.74) is 2.57. The monoisotopic (exact) mass is 335 g/mol. The van der Waals surface area contributed by atoms with Crippen molar-refractivity contribution in [3.05, 3.63) is 60.1 Å². The van der Waals surface area contributed by atoms with Gasteiger partial charge in [-0.05, 0) is 36.8 Å². The van der Waals surface area contributed by atoms with Gasteiger partial charge in [-0.1, -0.05) is 23.4 Å². The van der Waals surface area contributed by atoms with E-state index in [4.69, 9.17) is 4.52 Å². The number of aryl methyl sites for hydroxylation is 1. The van der Waals surface area contributed by atoms with Crippen LogP contribution < -0.4 is 5.32 Å². The van der Waals surface area contributed by atoms with Crippen LogP contribution in [0.5, 0.6) is 0 Å². The average Bonchev–Trinajstić information content (AvgIpc) is 3.04. The summed E-state index contributed by atoms with van der Waals surface area (Å²) in [5, 5.41) is 6.87. The van der Waals surface area contributed by atoms with E-state index in [1.807, 2.05) is 49.4 Å². The number of amides is 2. The zero-order valence-electron chi connectivity index (χ0n) is 13.7. The molecule has 0 radical (unpaired) electrons. The summed E-state index contributed by atoms with van der Waals surface area (Å²) in [7, 11) is 0. The molecule has 7 nitrogen and oxygen atoms in total. The molecule has 3 heterocycles. The second kappa shape index (κ2) is 6.35. The minimum Gasteiger partial charge on any atom is -0.338 e. The third-order valence-electron chi connectivity index (χ3n) is 4.12. The highest BCUT2D eigenvalue weighted by Gasteiger charge is 2.35. The molecule has 1 fully saturated rings. The molecule has 7 heteroatoms. The van der Waals surface area contributed by atoms with E-state index in [9.17, 15) is 4.79 Å². The van der Waals surface area contributed by atoms with Crippen LogP contribution in [0.25, 0.3) is 11.5 Å². The molecule has 4 rings (SSSR count). The van der Waals surface area contributed by atoms with Crippen molar-refractivity contribution >= 4 is 11.7 Å². The van der Waals surface area contributed by atoms with E-state index in [1.54, 1.807) is 11.1 Å². The molecule has 1 saturated heterocycles. The molecule has 1 aliphatic rings. The van der Waals surface area contributed by atoms with Gasteiger partial charge in [-0.15, -0.1) is 0 Å². The van der Waals surface area contributed by atoms with Gasteiger partial charge in [0.2, 0.25) is 11.7 Å². The van der Waals surface area contributed by atoms with Crippen LogP contribution in [0.15, 0.2) is 53.2 Å². The fraction of sp³-hybridized carbons (Fsp3) is 0.222. The standard InChI is InChI=1S/C18H17N5O2/c1-12-5-4-6-14(9-12)20-18(24)23-10-13(11-23)17-21-16(22-25-17)15-7-2-3-8-19-15/h2-9,13H,10-11H2,1H3,(H,20,24). The SMILES string of the molecule is Cc1cccc(NC(=O)N2CC(c3nc(-c4ccccn4)no3)C2)c1. The van der Waals surface area contributed by atoms with Crippen molar-refractivity contribution in [2.75, 3.05) is 18.4 Å². The zero-order chi connectivity index (χ0) is 17.2. The number of rotatable bonds is 3. The number of carbonyl (C=O) groups excluding carboxylic acids is 1. The first-order chi connectivity index (χ1) is 12.2. The Morgan fingerprint density at radius 2 is 2.12 bits per heavy atom. The molecule has 1 aromatic carbocycles. The highest BCUT2D eigenvalue weighted by molar-refractivity contribution is 5.90. The van der Waals surface area contributed by atoms with Crippen LogP contribution in [0.2, 0.25) is 0 Å². The number of hydrogen-bond acceptors (Lipinski definition) is 5. The first-order valence-electron chi connectivity index (χ1n) is 8.06. The molecule has 0 aliphatic carbocycles. The predicted octanol–water partition coefficient (Wildman–Crippen LogP) is 3.07. The van der Waals surface area contributed by atoms with Crippen LogP contribution in [0, 0.1) is 6.92 Å². The molecule has 0 bridgehead atoms. The van der Waals surface area contributed by atoms with Crippen molar-refractivity contribution < 1.29 is 9.32 Å². The number of nitrogens with zero attached hydrogens (tertiary/aromatic N) is 4. The van der Waals surface area contributed by atoms with Gasteiger partial charge in [0.15, 0.2) is 0 Å². The Kier molecular flexibility index (Phi) is 3.89. The second-order valence-electron chi connectivity index (χ2n) is 6.07. The first-order valence-corrected chi connectivity index (χ1v) is 8.06. The van der Waals surface area contributed by atoms with E-state index in [2.05, 4.69) is 20.4 Å². The van der Waals surface area contributed by atoms with Crippen LogP contribution in [0.1, 0.15) is 17.4 Å². The van der Waals surface area contributed by atoms with Gasteiger partial charge in [-0.2, -0.15) is 4.98 Å². The average molecular weight is 335 g/mol. The summed E-state index contributed by atoms with van der Waals surface area (Å²) in [6.45, 7) is 3.10. The Morgan fingerprint density at radius 3 is 2.88 bits per heavy atom.